The molecule has 0 amide bonds. The summed E-state index contributed by atoms with van der Waals surface area (Å²) in [5.41, 5.74) is 0.279. The predicted molar refractivity (Wildman–Crippen MR) is 134 cm³/mol. The number of hydrogen-bond acceptors (Lipinski definition) is 3. The molecule has 11 atom stereocenters. The number of hydrogen-bond donors (Lipinski definition) is 3. The molecule has 190 valence electrons. The molecule has 0 radical (unpaired) electrons. The highest BCUT2D eigenvalue weighted by atomic mass is 16.4. The average molecular weight is 471 g/mol. The molecule has 5 rings (SSSR count). The van der Waals surface area contributed by atoms with Gasteiger partial charge in [-0.15, -0.1) is 0 Å². The molecule has 0 spiro atoms. The zero-order valence-corrected chi connectivity index (χ0v) is 22.1. The summed E-state index contributed by atoms with van der Waals surface area (Å²) in [5, 5.41) is 31.7. The molecule has 0 heterocycles. The first kappa shape index (κ1) is 24.6. The SMILES string of the molecule is C[C@H]1[C@H](C)CC[C@]2(C(=O)O)CC[C@]3(C)C(=CC[C@H]4[C@@]5(C)C=C[C@H](O)[C@@](C)(CO)[C@H]5CC[C@]43C)[C@H]12. The summed E-state index contributed by atoms with van der Waals surface area (Å²) in [6.07, 6.45) is 12.7. The average Bonchev–Trinajstić information content (AvgIpc) is 2.79. The predicted octanol–water partition coefficient (Wildman–Crippen LogP) is 5.84. The normalized spacial score (nSPS) is 56.4. The van der Waals surface area contributed by atoms with Crippen molar-refractivity contribution in [3.05, 3.63) is 23.8 Å². The Morgan fingerprint density at radius 1 is 1.03 bits per heavy atom. The van der Waals surface area contributed by atoms with Crippen LogP contribution in [0, 0.1) is 56.7 Å². The largest absolute Gasteiger partial charge is 0.481 e. The van der Waals surface area contributed by atoms with E-state index >= 15 is 0 Å². The molecule has 5 aliphatic rings. The quantitative estimate of drug-likeness (QED) is 0.443. The third-order valence-electron chi connectivity index (χ3n) is 13.0. The van der Waals surface area contributed by atoms with Crippen molar-refractivity contribution in [2.75, 3.05) is 6.61 Å². The summed E-state index contributed by atoms with van der Waals surface area (Å²) in [6, 6.07) is 0. The van der Waals surface area contributed by atoms with Gasteiger partial charge in [0.15, 0.2) is 0 Å². The number of fused-ring (bicyclic) bond motifs is 7. The number of carbonyl (C=O) groups is 1. The van der Waals surface area contributed by atoms with E-state index in [0.717, 1.165) is 44.9 Å². The number of aliphatic carboxylic acids is 1. The number of allylic oxidation sites excluding steroid dienone is 3. The number of aliphatic hydroxyl groups is 2. The van der Waals surface area contributed by atoms with E-state index in [9.17, 15) is 20.1 Å². The summed E-state index contributed by atoms with van der Waals surface area (Å²) in [7, 11) is 0. The van der Waals surface area contributed by atoms with Crippen LogP contribution in [0.25, 0.3) is 0 Å². The van der Waals surface area contributed by atoms with Gasteiger partial charge in [-0.25, -0.2) is 0 Å². The van der Waals surface area contributed by atoms with E-state index < -0.39 is 22.9 Å². The molecule has 0 saturated heterocycles. The van der Waals surface area contributed by atoms with E-state index in [4.69, 9.17) is 0 Å². The molecule has 0 aromatic rings. The van der Waals surface area contributed by atoms with Gasteiger partial charge in [-0.05, 0) is 90.8 Å². The van der Waals surface area contributed by atoms with Gasteiger partial charge in [-0.3, -0.25) is 4.79 Å². The molecular weight excluding hydrogens is 424 g/mol. The molecule has 0 unspecified atom stereocenters. The molecule has 4 nitrogen and oxygen atoms in total. The third-order valence-corrected chi connectivity index (χ3v) is 13.0. The number of carboxylic acids is 1. The number of aliphatic hydroxyl groups excluding tert-OH is 2. The van der Waals surface area contributed by atoms with Crippen molar-refractivity contribution < 1.29 is 20.1 Å². The maximum absolute atomic E-state index is 12.8. The highest BCUT2D eigenvalue weighted by molar-refractivity contribution is 5.76. The lowest BCUT2D eigenvalue weighted by Crippen LogP contribution is -2.65. The van der Waals surface area contributed by atoms with Crippen molar-refractivity contribution in [1.82, 2.24) is 0 Å². The van der Waals surface area contributed by atoms with Gasteiger partial charge in [0.2, 0.25) is 0 Å². The van der Waals surface area contributed by atoms with Crippen molar-refractivity contribution in [3.63, 3.8) is 0 Å². The fraction of sp³-hybridized carbons (Fsp3) is 0.833. The Balaban J connectivity index is 1.63. The first-order chi connectivity index (χ1) is 15.8. The molecule has 0 aromatic carbocycles. The fourth-order valence-corrected chi connectivity index (χ4v) is 10.4. The number of carboxylic acid groups (broad SMARTS) is 1. The smallest absolute Gasteiger partial charge is 0.310 e. The van der Waals surface area contributed by atoms with Crippen LogP contribution >= 0.6 is 0 Å². The van der Waals surface area contributed by atoms with Gasteiger partial charge in [-0.1, -0.05) is 65.3 Å². The maximum Gasteiger partial charge on any atom is 0.310 e. The highest BCUT2D eigenvalue weighted by Crippen LogP contribution is 2.75. The van der Waals surface area contributed by atoms with Crippen molar-refractivity contribution in [2.45, 2.75) is 92.6 Å². The lowest BCUT2D eigenvalue weighted by Gasteiger charge is -2.70. The van der Waals surface area contributed by atoms with E-state index in [1.165, 1.54) is 5.57 Å². The summed E-state index contributed by atoms with van der Waals surface area (Å²) < 4.78 is 0. The molecule has 5 aliphatic carbocycles. The fourth-order valence-electron chi connectivity index (χ4n) is 10.4. The Hall–Kier alpha value is -1.13. The minimum Gasteiger partial charge on any atom is -0.481 e. The number of rotatable bonds is 2. The lowest BCUT2D eigenvalue weighted by atomic mass is 9.34. The van der Waals surface area contributed by atoms with Crippen LogP contribution in [0.1, 0.15) is 86.5 Å². The molecular formula is C30H46O4. The Morgan fingerprint density at radius 2 is 1.74 bits per heavy atom. The van der Waals surface area contributed by atoms with E-state index in [1.807, 2.05) is 6.08 Å². The Bertz CT molecular complexity index is 938. The van der Waals surface area contributed by atoms with Gasteiger partial charge in [-0.2, -0.15) is 0 Å². The molecule has 3 N–H and O–H groups in total. The summed E-state index contributed by atoms with van der Waals surface area (Å²) in [6.45, 7) is 14.0. The first-order valence-electron chi connectivity index (χ1n) is 13.7. The van der Waals surface area contributed by atoms with Crippen molar-refractivity contribution >= 4 is 5.97 Å². The van der Waals surface area contributed by atoms with Crippen molar-refractivity contribution in [3.8, 4) is 0 Å². The lowest BCUT2D eigenvalue weighted by molar-refractivity contribution is -0.184. The molecule has 4 heteroatoms. The Kier molecular flexibility index (Phi) is 5.38. The van der Waals surface area contributed by atoms with Gasteiger partial charge in [0.05, 0.1) is 18.1 Å². The van der Waals surface area contributed by atoms with E-state index in [-0.39, 0.29) is 34.7 Å². The molecule has 3 saturated carbocycles. The van der Waals surface area contributed by atoms with Gasteiger partial charge in [0.25, 0.3) is 0 Å². The van der Waals surface area contributed by atoms with Crippen molar-refractivity contribution in [1.29, 1.82) is 0 Å². The first-order valence-corrected chi connectivity index (χ1v) is 13.7. The second kappa shape index (κ2) is 7.44. The van der Waals surface area contributed by atoms with Crippen LogP contribution in [-0.2, 0) is 4.79 Å². The molecule has 0 aromatic heterocycles. The van der Waals surface area contributed by atoms with Crippen LogP contribution in [0.3, 0.4) is 0 Å². The topological polar surface area (TPSA) is 77.8 Å². The molecule has 3 fully saturated rings. The molecule has 0 bridgehead atoms. The van der Waals surface area contributed by atoms with Gasteiger partial charge in [0.1, 0.15) is 0 Å². The van der Waals surface area contributed by atoms with E-state index in [1.54, 1.807) is 0 Å². The van der Waals surface area contributed by atoms with Crippen LogP contribution in [0.5, 0.6) is 0 Å². The van der Waals surface area contributed by atoms with Crippen LogP contribution < -0.4 is 0 Å². The second-order valence-electron chi connectivity index (χ2n) is 13.9. The Morgan fingerprint density at radius 3 is 2.38 bits per heavy atom. The van der Waals surface area contributed by atoms with Gasteiger partial charge >= 0.3 is 5.97 Å². The zero-order chi connectivity index (χ0) is 24.9. The summed E-state index contributed by atoms with van der Waals surface area (Å²) in [4.78, 5) is 12.8. The summed E-state index contributed by atoms with van der Waals surface area (Å²) >= 11 is 0. The minimum absolute atomic E-state index is 0.000830. The van der Waals surface area contributed by atoms with Crippen LogP contribution in [0.15, 0.2) is 23.8 Å². The maximum atomic E-state index is 12.8. The monoisotopic (exact) mass is 470 g/mol. The van der Waals surface area contributed by atoms with Gasteiger partial charge in [0, 0.05) is 5.41 Å². The second-order valence-corrected chi connectivity index (χ2v) is 13.9. The van der Waals surface area contributed by atoms with Gasteiger partial charge < -0.3 is 15.3 Å². The minimum atomic E-state index is -0.611. The Labute approximate surface area is 205 Å². The summed E-state index contributed by atoms with van der Waals surface area (Å²) in [5.74, 6) is 1.12. The zero-order valence-electron chi connectivity index (χ0n) is 22.1. The standard InChI is InChI=1S/C30H46O4/c1-18-9-14-30(25(33)34)16-15-28(5)20(24(30)19(18)2)7-8-22-26(3)12-11-23(32)27(4,17-31)21(26)10-13-29(22,28)6/h7,11-12,18-19,21-24,31-32H,8-10,13-17H2,1-6H3,(H,33,34)/t18-,19+,21+,22+,23+,24+,26+,27+,28-,29-,30+/m1/s1. The van der Waals surface area contributed by atoms with E-state index in [2.05, 4.69) is 53.7 Å². The molecule has 0 aliphatic heterocycles. The highest BCUT2D eigenvalue weighted by Gasteiger charge is 2.69. The van der Waals surface area contributed by atoms with Crippen molar-refractivity contribution in [2.24, 2.45) is 56.7 Å². The van der Waals surface area contributed by atoms with Crippen LogP contribution in [0.2, 0.25) is 0 Å². The molecule has 34 heavy (non-hydrogen) atoms. The third kappa shape index (κ3) is 2.71. The van der Waals surface area contributed by atoms with Crippen LogP contribution in [-0.4, -0.2) is 34.0 Å². The van der Waals surface area contributed by atoms with Crippen LogP contribution in [0.4, 0.5) is 0 Å². The van der Waals surface area contributed by atoms with E-state index in [0.29, 0.717) is 17.8 Å².